The fraction of sp³-hybridized carbons (Fsp3) is 0.160. The zero-order chi connectivity index (χ0) is 21.5. The van der Waals surface area contributed by atoms with E-state index in [-0.39, 0.29) is 0 Å². The molecule has 4 rings (SSSR count). The highest BCUT2D eigenvalue weighted by atomic mass is 35.5. The third kappa shape index (κ3) is 5.14. The highest BCUT2D eigenvalue weighted by Crippen LogP contribution is 2.32. The molecule has 0 radical (unpaired) electrons. The third-order valence-corrected chi connectivity index (χ3v) is 5.24. The Morgan fingerprint density at radius 1 is 0.968 bits per heavy atom. The molecule has 0 fully saturated rings. The lowest BCUT2D eigenvalue weighted by Crippen LogP contribution is -2.07. The number of nitrogens with zero attached hydrogens (tertiary/aromatic N) is 4. The van der Waals surface area contributed by atoms with Crippen molar-refractivity contribution in [3.63, 3.8) is 0 Å². The monoisotopic (exact) mass is 446 g/mol. The molecule has 0 atom stereocenters. The summed E-state index contributed by atoms with van der Waals surface area (Å²) < 4.78 is 2.14. The summed E-state index contributed by atoms with van der Waals surface area (Å²) in [5, 5.41) is 0.679. The standard InChI is InChI=1S/C25H20Cl2N4/c26-15-5-4-8-23-30-24(20-9-11-21(27)12-10-20)25(22-13-16-28-18-29-22)31(23)17-14-19-6-2-1-3-7-19/h1-3,6-7,9-13,16,18H,5,14-15,17H2. The Labute approximate surface area is 191 Å². The molecule has 0 saturated heterocycles. The highest BCUT2D eigenvalue weighted by Gasteiger charge is 2.20. The van der Waals surface area contributed by atoms with Crippen molar-refractivity contribution in [3.8, 4) is 34.5 Å². The van der Waals surface area contributed by atoms with Crippen LogP contribution in [0.5, 0.6) is 0 Å². The van der Waals surface area contributed by atoms with Gasteiger partial charge in [-0.1, -0.05) is 60.0 Å². The van der Waals surface area contributed by atoms with Crippen LogP contribution in [0.25, 0.3) is 22.6 Å². The normalized spacial score (nSPS) is 10.5. The summed E-state index contributed by atoms with van der Waals surface area (Å²) in [6.45, 7) is 0.717. The van der Waals surface area contributed by atoms with E-state index >= 15 is 0 Å². The predicted octanol–water partition coefficient (Wildman–Crippen LogP) is 5.88. The van der Waals surface area contributed by atoms with Crippen LogP contribution in [-0.2, 0) is 13.0 Å². The number of benzene rings is 2. The second-order valence-electron chi connectivity index (χ2n) is 6.86. The van der Waals surface area contributed by atoms with Gasteiger partial charge in [-0.05, 0) is 36.1 Å². The molecule has 4 nitrogen and oxygen atoms in total. The molecule has 0 saturated carbocycles. The molecule has 2 aromatic carbocycles. The van der Waals surface area contributed by atoms with Crippen molar-refractivity contribution >= 4 is 23.2 Å². The zero-order valence-corrected chi connectivity index (χ0v) is 18.3. The molecule has 31 heavy (non-hydrogen) atoms. The van der Waals surface area contributed by atoms with Crippen molar-refractivity contribution in [3.05, 3.63) is 89.6 Å². The molecule has 2 aromatic heterocycles. The topological polar surface area (TPSA) is 43.6 Å². The first-order valence-corrected chi connectivity index (χ1v) is 10.9. The number of alkyl halides is 1. The van der Waals surface area contributed by atoms with Gasteiger partial charge in [-0.3, -0.25) is 0 Å². The molecule has 2 heterocycles. The van der Waals surface area contributed by atoms with Crippen LogP contribution in [0.4, 0.5) is 0 Å². The fourth-order valence-corrected chi connectivity index (χ4v) is 3.56. The van der Waals surface area contributed by atoms with E-state index in [0.29, 0.717) is 23.1 Å². The molecule has 154 valence electrons. The number of rotatable bonds is 6. The van der Waals surface area contributed by atoms with Crippen molar-refractivity contribution in [2.45, 2.75) is 19.4 Å². The van der Waals surface area contributed by atoms with Crippen molar-refractivity contribution in [2.24, 2.45) is 0 Å². The van der Waals surface area contributed by atoms with Gasteiger partial charge in [0.05, 0.1) is 17.1 Å². The van der Waals surface area contributed by atoms with Gasteiger partial charge in [-0.2, -0.15) is 0 Å². The van der Waals surface area contributed by atoms with Gasteiger partial charge in [0.25, 0.3) is 0 Å². The number of imidazole rings is 1. The molecule has 0 bridgehead atoms. The molecule has 0 aliphatic carbocycles. The van der Waals surface area contributed by atoms with E-state index in [1.54, 1.807) is 12.5 Å². The maximum Gasteiger partial charge on any atom is 0.186 e. The van der Waals surface area contributed by atoms with Crippen LogP contribution in [0.1, 0.15) is 17.8 Å². The quantitative estimate of drug-likeness (QED) is 0.274. The lowest BCUT2D eigenvalue weighted by Gasteiger charge is -2.11. The van der Waals surface area contributed by atoms with Crippen molar-refractivity contribution in [1.82, 2.24) is 19.5 Å². The summed E-state index contributed by atoms with van der Waals surface area (Å²) in [5.41, 5.74) is 4.73. The number of hydrogen-bond donors (Lipinski definition) is 0. The van der Waals surface area contributed by atoms with Crippen molar-refractivity contribution < 1.29 is 0 Å². The Morgan fingerprint density at radius 3 is 2.48 bits per heavy atom. The second kappa shape index (κ2) is 10.3. The summed E-state index contributed by atoms with van der Waals surface area (Å²) in [6.07, 6.45) is 4.74. The number of aryl methyl sites for hydroxylation is 1. The summed E-state index contributed by atoms with van der Waals surface area (Å²) >= 11 is 11.9. The molecule has 0 aliphatic rings. The van der Waals surface area contributed by atoms with E-state index in [4.69, 9.17) is 28.2 Å². The largest absolute Gasteiger partial charge is 0.315 e. The second-order valence-corrected chi connectivity index (χ2v) is 7.68. The van der Waals surface area contributed by atoms with E-state index in [1.807, 2.05) is 36.4 Å². The van der Waals surface area contributed by atoms with Crippen LogP contribution in [0, 0.1) is 11.8 Å². The maximum absolute atomic E-state index is 6.11. The minimum absolute atomic E-state index is 0.487. The molecule has 6 heteroatoms. The average Bonchev–Trinajstić information content (AvgIpc) is 3.18. The number of hydrogen-bond acceptors (Lipinski definition) is 3. The van der Waals surface area contributed by atoms with Gasteiger partial charge < -0.3 is 4.57 Å². The van der Waals surface area contributed by atoms with Crippen LogP contribution in [-0.4, -0.2) is 25.4 Å². The summed E-state index contributed by atoms with van der Waals surface area (Å²) in [4.78, 5) is 13.5. The summed E-state index contributed by atoms with van der Waals surface area (Å²) in [5.74, 6) is 7.51. The van der Waals surface area contributed by atoms with Crippen molar-refractivity contribution in [2.75, 3.05) is 5.88 Å². The van der Waals surface area contributed by atoms with Gasteiger partial charge in [-0.25, -0.2) is 15.0 Å². The zero-order valence-electron chi connectivity index (χ0n) is 16.8. The first-order chi connectivity index (χ1) is 15.3. The molecule has 0 spiro atoms. The minimum Gasteiger partial charge on any atom is -0.315 e. The SMILES string of the molecule is ClCCC#Cc1nc(-c2ccc(Cl)cc2)c(-c2ccncn2)n1CCc1ccccc1. The first kappa shape index (κ1) is 21.1. The van der Waals surface area contributed by atoms with Gasteiger partial charge >= 0.3 is 0 Å². The van der Waals surface area contributed by atoms with Gasteiger partial charge in [0, 0.05) is 35.6 Å². The maximum atomic E-state index is 6.11. The van der Waals surface area contributed by atoms with E-state index in [9.17, 15) is 0 Å². The highest BCUT2D eigenvalue weighted by molar-refractivity contribution is 6.30. The van der Waals surface area contributed by atoms with Crippen LogP contribution in [0.2, 0.25) is 5.02 Å². The minimum atomic E-state index is 0.487. The van der Waals surface area contributed by atoms with Gasteiger partial charge in [-0.15, -0.1) is 11.6 Å². The average molecular weight is 447 g/mol. The third-order valence-electron chi connectivity index (χ3n) is 4.80. The fourth-order valence-electron chi connectivity index (χ4n) is 3.34. The molecule has 0 unspecified atom stereocenters. The lowest BCUT2D eigenvalue weighted by atomic mass is 10.1. The van der Waals surface area contributed by atoms with Gasteiger partial charge in [0.1, 0.15) is 6.33 Å². The Balaban J connectivity index is 1.86. The molecule has 0 N–H and O–H groups in total. The number of aromatic nitrogens is 4. The molecular formula is C25H20Cl2N4. The van der Waals surface area contributed by atoms with Crippen LogP contribution < -0.4 is 0 Å². The Morgan fingerprint density at radius 2 is 1.77 bits per heavy atom. The van der Waals surface area contributed by atoms with Crippen molar-refractivity contribution in [1.29, 1.82) is 0 Å². The van der Waals surface area contributed by atoms with E-state index in [2.05, 4.69) is 50.6 Å². The van der Waals surface area contributed by atoms with E-state index in [1.165, 1.54) is 5.56 Å². The van der Waals surface area contributed by atoms with E-state index in [0.717, 1.165) is 35.6 Å². The van der Waals surface area contributed by atoms with E-state index < -0.39 is 0 Å². The Bertz CT molecular complexity index is 1190. The summed E-state index contributed by atoms with van der Waals surface area (Å²) in [7, 11) is 0. The first-order valence-electron chi connectivity index (χ1n) is 9.98. The van der Waals surface area contributed by atoms with Crippen LogP contribution >= 0.6 is 23.2 Å². The Hall–Kier alpha value is -3.13. The van der Waals surface area contributed by atoms with Crippen LogP contribution in [0.3, 0.4) is 0 Å². The van der Waals surface area contributed by atoms with Gasteiger partial charge in [0.2, 0.25) is 0 Å². The lowest BCUT2D eigenvalue weighted by molar-refractivity contribution is 0.692. The smallest absolute Gasteiger partial charge is 0.186 e. The molecule has 0 aliphatic heterocycles. The number of halogens is 2. The Kier molecular flexibility index (Phi) is 6.99. The van der Waals surface area contributed by atoms with Crippen LogP contribution in [0.15, 0.2) is 73.2 Å². The summed E-state index contributed by atoms with van der Waals surface area (Å²) in [6, 6.07) is 19.9. The molecule has 4 aromatic rings. The van der Waals surface area contributed by atoms with Gasteiger partial charge in [0.15, 0.2) is 5.82 Å². The molecule has 0 amide bonds. The predicted molar refractivity (Wildman–Crippen MR) is 126 cm³/mol. The molecular weight excluding hydrogens is 427 g/mol.